The smallest absolute Gasteiger partial charge is 0.560 e. The van der Waals surface area contributed by atoms with Gasteiger partial charge in [0.15, 0.2) is 5.75 Å². The Morgan fingerprint density at radius 2 is 1.61 bits per heavy atom. The predicted octanol–water partition coefficient (Wildman–Crippen LogP) is -2.38. The van der Waals surface area contributed by atoms with Crippen LogP contribution in [0.15, 0.2) is 29.2 Å². The van der Waals surface area contributed by atoms with Gasteiger partial charge in [-0.1, -0.05) is 12.1 Å². The van der Waals surface area contributed by atoms with Gasteiger partial charge in [0.2, 0.25) is 0 Å². The van der Waals surface area contributed by atoms with Crippen molar-refractivity contribution < 1.29 is 50.6 Å². The molecule has 1 N–H and O–H groups in total. The van der Waals surface area contributed by atoms with Gasteiger partial charge in [-0.05, 0) is 12.1 Å². The molecule has 0 bridgehead atoms. The van der Waals surface area contributed by atoms with Gasteiger partial charge in [-0.2, -0.15) is 12.7 Å². The maximum atomic E-state index is 11.4. The Hall–Kier alpha value is -0.160. The minimum atomic E-state index is -4.29. The maximum absolute atomic E-state index is 11.4. The molecule has 0 aliphatic heterocycles. The Morgan fingerprint density at radius 1 is 1.11 bits per heavy atom. The summed E-state index contributed by atoms with van der Waals surface area (Å²) in [6.07, 6.45) is 0. The minimum Gasteiger partial charge on any atom is -0.560 e. The molecule has 0 saturated heterocycles. The number of nitrogens with one attached hydrogen (secondary N) is 1. The molecular formula is C8H11N2NaO5S2. The third-order valence-electron chi connectivity index (χ3n) is 1.78. The van der Waals surface area contributed by atoms with E-state index in [-0.39, 0.29) is 29.6 Å². The van der Waals surface area contributed by atoms with Crippen LogP contribution in [-0.2, 0) is 20.3 Å². The van der Waals surface area contributed by atoms with Crippen molar-refractivity contribution in [2.75, 3.05) is 14.1 Å². The zero-order valence-corrected chi connectivity index (χ0v) is 13.7. The van der Waals surface area contributed by atoms with Crippen LogP contribution in [0.25, 0.3) is 5.14 Å². The Kier molecular flexibility index (Phi) is 6.27. The third kappa shape index (κ3) is 4.50. The molecule has 0 atom stereocenters. The maximum Gasteiger partial charge on any atom is 1.00 e. The van der Waals surface area contributed by atoms with E-state index in [1.165, 1.54) is 32.3 Å². The van der Waals surface area contributed by atoms with Crippen molar-refractivity contribution >= 4 is 20.3 Å². The van der Waals surface area contributed by atoms with E-state index in [9.17, 15) is 16.8 Å². The fourth-order valence-corrected chi connectivity index (χ4v) is 2.14. The Balaban J connectivity index is 0.00000289. The first kappa shape index (κ1) is 17.8. The van der Waals surface area contributed by atoms with E-state index >= 15 is 0 Å². The van der Waals surface area contributed by atoms with Gasteiger partial charge < -0.3 is 9.32 Å². The van der Waals surface area contributed by atoms with Crippen LogP contribution in [-0.4, -0.2) is 35.2 Å². The molecular weight excluding hydrogens is 291 g/mol. The van der Waals surface area contributed by atoms with Gasteiger partial charge >= 0.3 is 39.9 Å². The fourth-order valence-electron chi connectivity index (χ4n) is 0.929. The summed E-state index contributed by atoms with van der Waals surface area (Å²) in [5.41, 5.74) is 0. The molecule has 0 fully saturated rings. The van der Waals surface area contributed by atoms with Gasteiger partial charge in [-0.25, -0.2) is 8.42 Å². The number of para-hydroxylation sites is 1. The van der Waals surface area contributed by atoms with Crippen molar-refractivity contribution in [2.45, 2.75) is 4.90 Å². The summed E-state index contributed by atoms with van der Waals surface area (Å²) < 4.78 is 50.4. The Morgan fingerprint density at radius 3 is 2.06 bits per heavy atom. The van der Waals surface area contributed by atoms with Crippen LogP contribution in [0.2, 0.25) is 0 Å². The van der Waals surface area contributed by atoms with Crippen LogP contribution in [0.5, 0.6) is 5.75 Å². The number of hydrogen-bond acceptors (Lipinski definition) is 5. The molecule has 0 spiro atoms. The van der Waals surface area contributed by atoms with E-state index in [2.05, 4.69) is 4.18 Å². The average molecular weight is 302 g/mol. The van der Waals surface area contributed by atoms with Crippen molar-refractivity contribution in [3.05, 3.63) is 29.4 Å². The first-order chi connectivity index (χ1) is 7.64. The third-order valence-corrected chi connectivity index (χ3v) is 3.98. The van der Waals surface area contributed by atoms with Crippen molar-refractivity contribution in [2.24, 2.45) is 0 Å². The second-order valence-corrected chi connectivity index (χ2v) is 6.47. The monoisotopic (exact) mass is 302 g/mol. The van der Waals surface area contributed by atoms with Gasteiger partial charge in [0.05, 0.1) is 4.90 Å². The second kappa shape index (κ2) is 6.33. The number of rotatable bonds is 4. The zero-order valence-electron chi connectivity index (χ0n) is 10.1. The molecule has 0 aromatic heterocycles. The van der Waals surface area contributed by atoms with Crippen LogP contribution >= 0.6 is 0 Å². The normalized spacial score (nSPS) is 12.0. The summed E-state index contributed by atoms with van der Waals surface area (Å²) in [5, 5.41) is 6.91. The average Bonchev–Trinajstić information content (AvgIpc) is 2.15. The topological polar surface area (TPSA) is 105 Å². The van der Waals surface area contributed by atoms with Gasteiger partial charge in [0, 0.05) is 14.1 Å². The standard InChI is InChI=1S/C8H11N2O5S2.Na/c1-10(2)17(13,14)15-7-5-3-4-6-8(7)16(9,11)12;/h3-6H,1-2H3,(H-,9,11,12);/q-1;+1. The number of nitrogens with zero attached hydrogens (tertiary/aromatic N) is 1. The summed E-state index contributed by atoms with van der Waals surface area (Å²) in [6.45, 7) is 0. The molecule has 1 rings (SSSR count). The molecule has 0 aliphatic rings. The van der Waals surface area contributed by atoms with Crippen molar-refractivity contribution in [3.8, 4) is 5.75 Å². The second-order valence-electron chi connectivity index (χ2n) is 3.27. The van der Waals surface area contributed by atoms with Gasteiger partial charge in [0.1, 0.15) is 10.0 Å². The number of benzene rings is 1. The van der Waals surface area contributed by atoms with E-state index in [1.807, 2.05) is 0 Å². The molecule has 0 saturated carbocycles. The van der Waals surface area contributed by atoms with Crippen LogP contribution in [0, 0.1) is 0 Å². The van der Waals surface area contributed by atoms with E-state index in [0.717, 1.165) is 10.4 Å². The SMILES string of the molecule is CN(C)S(=O)(=O)Oc1ccccc1S([NH-])(=O)=O.[Na+]. The fraction of sp³-hybridized carbons (Fsp3) is 0.250. The molecule has 1 aromatic rings. The van der Waals surface area contributed by atoms with Gasteiger partial charge in [0.25, 0.3) is 0 Å². The van der Waals surface area contributed by atoms with Crippen molar-refractivity contribution in [1.29, 1.82) is 0 Å². The molecule has 96 valence electrons. The van der Waals surface area contributed by atoms with Gasteiger partial charge in [-0.15, -0.1) is 0 Å². The molecule has 7 nitrogen and oxygen atoms in total. The Bertz CT molecular complexity index is 612. The molecule has 1 aromatic carbocycles. The molecule has 0 aliphatic carbocycles. The minimum absolute atomic E-state index is 0. The van der Waals surface area contributed by atoms with Crippen LogP contribution in [0.3, 0.4) is 0 Å². The van der Waals surface area contributed by atoms with E-state index in [0.29, 0.717) is 0 Å². The predicted molar refractivity (Wildman–Crippen MR) is 61.2 cm³/mol. The van der Waals surface area contributed by atoms with Gasteiger partial charge in [-0.3, -0.25) is 0 Å². The summed E-state index contributed by atoms with van der Waals surface area (Å²) >= 11 is 0. The molecule has 0 unspecified atom stereocenters. The number of hydrogen-bond donors (Lipinski definition) is 0. The molecule has 10 heteroatoms. The quantitative estimate of drug-likeness (QED) is 0.577. The summed E-state index contributed by atoms with van der Waals surface area (Å²) in [4.78, 5) is -0.495. The molecule has 0 amide bonds. The summed E-state index contributed by atoms with van der Waals surface area (Å²) in [6, 6.07) is 5.05. The summed E-state index contributed by atoms with van der Waals surface area (Å²) in [7, 11) is -5.85. The first-order valence-corrected chi connectivity index (χ1v) is 7.20. The van der Waals surface area contributed by atoms with Crippen molar-refractivity contribution in [3.63, 3.8) is 0 Å². The van der Waals surface area contributed by atoms with E-state index in [1.54, 1.807) is 0 Å². The van der Waals surface area contributed by atoms with Crippen LogP contribution in [0.1, 0.15) is 0 Å². The summed E-state index contributed by atoms with van der Waals surface area (Å²) in [5.74, 6) is -0.392. The van der Waals surface area contributed by atoms with Crippen molar-refractivity contribution in [1.82, 2.24) is 4.31 Å². The number of sulfonamides is 1. The zero-order chi connectivity index (χ0) is 13.3. The molecule has 0 radical (unpaired) electrons. The van der Waals surface area contributed by atoms with E-state index < -0.39 is 31.0 Å². The first-order valence-electron chi connectivity index (χ1n) is 4.35. The largest absolute Gasteiger partial charge is 1.00 e. The molecule has 18 heavy (non-hydrogen) atoms. The molecule has 0 heterocycles. The van der Waals surface area contributed by atoms with Crippen LogP contribution in [0.4, 0.5) is 0 Å². The van der Waals surface area contributed by atoms with Crippen LogP contribution < -0.4 is 33.7 Å². The van der Waals surface area contributed by atoms with E-state index in [4.69, 9.17) is 5.14 Å². The Labute approximate surface area is 129 Å².